The van der Waals surface area contributed by atoms with Gasteiger partial charge in [-0.1, -0.05) is 42.5 Å². The molecule has 2 heterocycles. The third kappa shape index (κ3) is 3.11. The molecule has 1 aromatic heterocycles. The second-order valence-corrected chi connectivity index (χ2v) is 8.82. The summed E-state index contributed by atoms with van der Waals surface area (Å²) in [5, 5.41) is 0. The van der Waals surface area contributed by atoms with Gasteiger partial charge in [0.25, 0.3) is 0 Å². The Morgan fingerprint density at radius 3 is 2.26 bits per heavy atom. The van der Waals surface area contributed by atoms with Crippen LogP contribution in [0.5, 0.6) is 0 Å². The second-order valence-electron chi connectivity index (χ2n) is 8.82. The van der Waals surface area contributed by atoms with E-state index in [2.05, 4.69) is 57.3 Å². The van der Waals surface area contributed by atoms with Crippen LogP contribution in [0.25, 0.3) is 0 Å². The molecular weight excluding hydrogens is 384 g/mol. The molecule has 3 aliphatic carbocycles. The molecule has 1 aliphatic heterocycles. The van der Waals surface area contributed by atoms with Gasteiger partial charge in [-0.3, -0.25) is 4.79 Å². The third-order valence-electron chi connectivity index (χ3n) is 7.25. The molecule has 3 aromatic rings. The first-order chi connectivity index (χ1) is 15.3. The molecule has 5 nitrogen and oxygen atoms in total. The van der Waals surface area contributed by atoms with Crippen molar-refractivity contribution < 1.29 is 4.79 Å². The quantitative estimate of drug-likeness (QED) is 0.660. The third-order valence-corrected chi connectivity index (χ3v) is 7.25. The number of carbonyl (C=O) groups excluding carboxylic acids is 1. The van der Waals surface area contributed by atoms with Crippen molar-refractivity contribution >= 4 is 11.9 Å². The molecule has 2 aromatic carbocycles. The fourth-order valence-electron chi connectivity index (χ4n) is 5.81. The molecule has 0 radical (unpaired) electrons. The number of benzene rings is 2. The molecule has 2 atom stereocenters. The van der Waals surface area contributed by atoms with Crippen LogP contribution in [-0.4, -0.2) is 47.0 Å². The number of hydrogen-bond acceptors (Lipinski definition) is 4. The summed E-state index contributed by atoms with van der Waals surface area (Å²) in [4.78, 5) is 26.1. The van der Waals surface area contributed by atoms with Crippen LogP contribution in [0.2, 0.25) is 0 Å². The SMILES string of the molecule is O=C(Cc1cccc2c1C1CCC2c2ccccc21)N1CCN(c2ncccn2)CC1. The topological polar surface area (TPSA) is 49.3 Å². The molecule has 5 heteroatoms. The normalized spacial score (nSPS) is 21.5. The zero-order chi connectivity index (χ0) is 20.8. The molecular formula is C26H26N4O. The van der Waals surface area contributed by atoms with Crippen LogP contribution in [0.15, 0.2) is 60.9 Å². The van der Waals surface area contributed by atoms with Gasteiger partial charge in [-0.05, 0) is 46.7 Å². The van der Waals surface area contributed by atoms with Gasteiger partial charge in [-0.15, -0.1) is 0 Å². The number of aromatic nitrogens is 2. The maximum atomic E-state index is 13.2. The standard InChI is InChI=1S/C26H26N4O/c31-24(29-13-15-30(16-14-29)26-27-11-4-12-28-26)17-18-5-3-8-22-21-9-10-23(25(18)22)20-7-2-1-6-19(20)21/h1-8,11-12,21,23H,9-10,13-17H2. The second kappa shape index (κ2) is 7.49. The zero-order valence-electron chi connectivity index (χ0n) is 17.6. The summed E-state index contributed by atoms with van der Waals surface area (Å²) in [6.07, 6.45) is 6.44. The number of nitrogens with zero attached hydrogens (tertiary/aromatic N) is 4. The average Bonchev–Trinajstić information content (AvgIpc) is 2.85. The lowest BCUT2D eigenvalue weighted by Gasteiger charge is -2.41. The van der Waals surface area contributed by atoms with E-state index in [1.165, 1.54) is 40.7 Å². The molecule has 7 rings (SSSR count). The molecule has 0 saturated carbocycles. The van der Waals surface area contributed by atoms with Crippen molar-refractivity contribution in [1.29, 1.82) is 0 Å². The highest BCUT2D eigenvalue weighted by Gasteiger charge is 2.38. The predicted molar refractivity (Wildman–Crippen MR) is 120 cm³/mol. The van der Waals surface area contributed by atoms with E-state index in [1.54, 1.807) is 12.4 Å². The number of fused-ring (bicyclic) bond motifs is 1. The summed E-state index contributed by atoms with van der Waals surface area (Å²) in [7, 11) is 0. The Hall–Kier alpha value is -3.21. The van der Waals surface area contributed by atoms with Gasteiger partial charge >= 0.3 is 0 Å². The minimum absolute atomic E-state index is 0.233. The zero-order valence-corrected chi connectivity index (χ0v) is 17.6. The van der Waals surface area contributed by atoms with E-state index in [0.717, 1.165) is 32.1 Å². The Labute approximate surface area is 182 Å². The van der Waals surface area contributed by atoms with E-state index in [1.807, 2.05) is 11.0 Å². The summed E-state index contributed by atoms with van der Waals surface area (Å²) in [6, 6.07) is 17.3. The Morgan fingerprint density at radius 2 is 1.48 bits per heavy atom. The smallest absolute Gasteiger partial charge is 0.227 e. The van der Waals surface area contributed by atoms with Crippen LogP contribution in [0, 0.1) is 0 Å². The molecule has 1 amide bonds. The molecule has 1 saturated heterocycles. The van der Waals surface area contributed by atoms with Gasteiger partial charge in [0.15, 0.2) is 0 Å². The van der Waals surface area contributed by atoms with Gasteiger partial charge in [0.2, 0.25) is 11.9 Å². The predicted octanol–water partition coefficient (Wildman–Crippen LogP) is 3.74. The van der Waals surface area contributed by atoms with Gasteiger partial charge in [0, 0.05) is 50.4 Å². The summed E-state index contributed by atoms with van der Waals surface area (Å²) < 4.78 is 0. The van der Waals surface area contributed by atoms with E-state index in [4.69, 9.17) is 0 Å². The highest BCUT2D eigenvalue weighted by molar-refractivity contribution is 5.80. The number of piperazine rings is 1. The minimum atomic E-state index is 0.233. The van der Waals surface area contributed by atoms with Crippen LogP contribution in [-0.2, 0) is 11.2 Å². The van der Waals surface area contributed by atoms with Gasteiger partial charge in [0.1, 0.15) is 0 Å². The van der Waals surface area contributed by atoms with Gasteiger partial charge in [-0.25, -0.2) is 9.97 Å². The average molecular weight is 411 g/mol. The molecule has 2 unspecified atom stereocenters. The lowest BCUT2D eigenvalue weighted by molar-refractivity contribution is -0.130. The fourth-order valence-corrected chi connectivity index (χ4v) is 5.81. The van der Waals surface area contributed by atoms with E-state index in [0.29, 0.717) is 18.3 Å². The van der Waals surface area contributed by atoms with Gasteiger partial charge in [0.05, 0.1) is 6.42 Å². The molecule has 4 aliphatic rings. The Bertz CT molecular complexity index is 1120. The number of hydrogen-bond donors (Lipinski definition) is 0. The lowest BCUT2D eigenvalue weighted by atomic mass is 9.62. The lowest BCUT2D eigenvalue weighted by Crippen LogP contribution is -2.49. The van der Waals surface area contributed by atoms with Crippen LogP contribution >= 0.6 is 0 Å². The van der Waals surface area contributed by atoms with Crippen molar-refractivity contribution in [3.8, 4) is 0 Å². The van der Waals surface area contributed by atoms with Crippen molar-refractivity contribution in [3.63, 3.8) is 0 Å². The molecule has 31 heavy (non-hydrogen) atoms. The number of carbonyl (C=O) groups is 1. The maximum Gasteiger partial charge on any atom is 0.227 e. The molecule has 2 bridgehead atoms. The highest BCUT2D eigenvalue weighted by atomic mass is 16.2. The fraction of sp³-hybridized carbons (Fsp3) is 0.346. The van der Waals surface area contributed by atoms with E-state index >= 15 is 0 Å². The van der Waals surface area contributed by atoms with Crippen LogP contribution < -0.4 is 4.90 Å². The molecule has 0 N–H and O–H groups in total. The summed E-state index contributed by atoms with van der Waals surface area (Å²) in [6.45, 7) is 3.00. The van der Waals surface area contributed by atoms with Crippen LogP contribution in [0.4, 0.5) is 5.95 Å². The Morgan fingerprint density at radius 1 is 0.806 bits per heavy atom. The van der Waals surface area contributed by atoms with E-state index < -0.39 is 0 Å². The molecule has 1 fully saturated rings. The van der Waals surface area contributed by atoms with Gasteiger partial charge in [-0.2, -0.15) is 0 Å². The van der Waals surface area contributed by atoms with Crippen molar-refractivity contribution in [3.05, 3.63) is 88.7 Å². The monoisotopic (exact) mass is 410 g/mol. The molecule has 0 spiro atoms. The van der Waals surface area contributed by atoms with E-state index in [-0.39, 0.29) is 5.91 Å². The van der Waals surface area contributed by atoms with Crippen LogP contribution in [0.1, 0.15) is 52.5 Å². The molecule has 156 valence electrons. The summed E-state index contributed by atoms with van der Waals surface area (Å²) in [5.74, 6) is 1.91. The first-order valence-electron chi connectivity index (χ1n) is 11.3. The number of rotatable bonds is 3. The maximum absolute atomic E-state index is 13.2. The highest BCUT2D eigenvalue weighted by Crippen LogP contribution is 2.53. The van der Waals surface area contributed by atoms with Crippen molar-refractivity contribution in [1.82, 2.24) is 14.9 Å². The first kappa shape index (κ1) is 18.6. The summed E-state index contributed by atoms with van der Waals surface area (Å²) in [5.41, 5.74) is 7.07. The van der Waals surface area contributed by atoms with Crippen molar-refractivity contribution in [2.45, 2.75) is 31.1 Å². The van der Waals surface area contributed by atoms with Crippen molar-refractivity contribution in [2.75, 3.05) is 31.1 Å². The number of anilines is 1. The van der Waals surface area contributed by atoms with Crippen LogP contribution in [0.3, 0.4) is 0 Å². The largest absolute Gasteiger partial charge is 0.339 e. The summed E-state index contributed by atoms with van der Waals surface area (Å²) >= 11 is 0. The Balaban J connectivity index is 1.21. The minimum Gasteiger partial charge on any atom is -0.339 e. The van der Waals surface area contributed by atoms with Crippen molar-refractivity contribution in [2.24, 2.45) is 0 Å². The first-order valence-corrected chi connectivity index (χ1v) is 11.3. The number of amides is 1. The van der Waals surface area contributed by atoms with Gasteiger partial charge < -0.3 is 9.80 Å². The van der Waals surface area contributed by atoms with E-state index in [9.17, 15) is 4.79 Å². The Kier molecular flexibility index (Phi) is 4.48.